The molecule has 0 unspecified atom stereocenters. The Balaban J connectivity index is 1.56. The van der Waals surface area contributed by atoms with Crippen LogP contribution in [0.3, 0.4) is 0 Å². The van der Waals surface area contributed by atoms with Crippen LogP contribution in [0.2, 0.25) is 0 Å². The second-order valence-corrected chi connectivity index (χ2v) is 6.90. The maximum atomic E-state index is 12.6. The topological polar surface area (TPSA) is 57.8 Å². The number of benzene rings is 2. The van der Waals surface area contributed by atoms with Crippen LogP contribution in [-0.2, 0) is 0 Å². The zero-order chi connectivity index (χ0) is 17.4. The molecule has 124 valence electrons. The number of carbonyl (C=O) groups is 1. The van der Waals surface area contributed by atoms with E-state index in [-0.39, 0.29) is 5.91 Å². The quantitative estimate of drug-likeness (QED) is 0.538. The van der Waals surface area contributed by atoms with Crippen LogP contribution in [0.1, 0.15) is 21.6 Å². The van der Waals surface area contributed by atoms with Gasteiger partial charge in [-0.2, -0.15) is 0 Å². The lowest BCUT2D eigenvalue weighted by Crippen LogP contribution is -2.11. The Morgan fingerprint density at radius 2 is 1.92 bits per heavy atom. The van der Waals surface area contributed by atoms with E-state index in [1.54, 1.807) is 17.5 Å². The molecule has 0 aliphatic rings. The Morgan fingerprint density at radius 3 is 2.64 bits per heavy atom. The molecule has 5 heteroatoms. The Bertz CT molecular complexity index is 1050. The first-order valence-corrected chi connectivity index (χ1v) is 8.90. The van der Waals surface area contributed by atoms with Crippen molar-refractivity contribution >= 4 is 33.8 Å². The van der Waals surface area contributed by atoms with Crippen molar-refractivity contribution in [2.45, 2.75) is 13.8 Å². The van der Waals surface area contributed by atoms with Gasteiger partial charge in [-0.05, 0) is 61.9 Å². The van der Waals surface area contributed by atoms with Gasteiger partial charge in [0, 0.05) is 45.0 Å². The van der Waals surface area contributed by atoms with E-state index >= 15 is 0 Å². The summed E-state index contributed by atoms with van der Waals surface area (Å²) < 4.78 is 0. The number of H-pyrrole nitrogens is 1. The minimum absolute atomic E-state index is 0.109. The third kappa shape index (κ3) is 2.94. The molecule has 4 aromatic rings. The number of hydrogen-bond acceptors (Lipinski definition) is 3. The Labute approximate surface area is 149 Å². The fraction of sp³-hybridized carbons (Fsp3) is 0.100. The molecule has 0 bridgehead atoms. The van der Waals surface area contributed by atoms with Crippen molar-refractivity contribution in [3.63, 3.8) is 0 Å². The molecule has 0 radical (unpaired) electrons. The molecule has 2 heterocycles. The Morgan fingerprint density at radius 1 is 1.12 bits per heavy atom. The fourth-order valence-corrected chi connectivity index (χ4v) is 3.51. The van der Waals surface area contributed by atoms with Crippen molar-refractivity contribution in [1.29, 1.82) is 0 Å². The summed E-state index contributed by atoms with van der Waals surface area (Å²) in [5, 5.41) is 6.97. The summed E-state index contributed by atoms with van der Waals surface area (Å²) in [6.07, 6.45) is 1.79. The van der Waals surface area contributed by atoms with E-state index < -0.39 is 0 Å². The van der Waals surface area contributed by atoms with E-state index in [9.17, 15) is 4.79 Å². The number of hydrogen-bond donors (Lipinski definition) is 2. The van der Waals surface area contributed by atoms with Crippen LogP contribution in [-0.4, -0.2) is 15.9 Å². The SMILES string of the molecule is Cc1[nH]c2ccc(C(=O)Nc3ccc(-c4nccs4)cc3)cc2c1C. The van der Waals surface area contributed by atoms with Gasteiger partial charge in [-0.1, -0.05) is 0 Å². The first kappa shape index (κ1) is 15.6. The molecule has 2 aromatic carbocycles. The predicted octanol–water partition coefficient (Wildman–Crippen LogP) is 5.16. The van der Waals surface area contributed by atoms with Crippen LogP contribution in [0.25, 0.3) is 21.5 Å². The van der Waals surface area contributed by atoms with Gasteiger partial charge in [-0.25, -0.2) is 4.98 Å². The van der Waals surface area contributed by atoms with Gasteiger partial charge in [-0.15, -0.1) is 11.3 Å². The third-order valence-corrected chi connectivity index (χ3v) is 5.21. The van der Waals surface area contributed by atoms with Gasteiger partial charge in [-0.3, -0.25) is 4.79 Å². The van der Waals surface area contributed by atoms with Crippen LogP contribution in [0.5, 0.6) is 0 Å². The van der Waals surface area contributed by atoms with Crippen LogP contribution < -0.4 is 5.32 Å². The van der Waals surface area contributed by atoms with Crippen molar-refractivity contribution in [1.82, 2.24) is 9.97 Å². The summed E-state index contributed by atoms with van der Waals surface area (Å²) in [5.41, 5.74) is 5.83. The highest BCUT2D eigenvalue weighted by Crippen LogP contribution is 2.25. The van der Waals surface area contributed by atoms with Crippen molar-refractivity contribution in [3.8, 4) is 10.6 Å². The summed E-state index contributed by atoms with van der Waals surface area (Å²) in [6, 6.07) is 13.5. The second kappa shape index (κ2) is 6.18. The van der Waals surface area contributed by atoms with Crippen molar-refractivity contribution in [3.05, 3.63) is 70.9 Å². The summed E-state index contributed by atoms with van der Waals surface area (Å²) in [6.45, 7) is 4.10. The van der Waals surface area contributed by atoms with Crippen LogP contribution in [0.4, 0.5) is 5.69 Å². The molecule has 0 aliphatic carbocycles. The van der Waals surface area contributed by atoms with Gasteiger partial charge < -0.3 is 10.3 Å². The predicted molar refractivity (Wildman–Crippen MR) is 103 cm³/mol. The highest BCUT2D eigenvalue weighted by Gasteiger charge is 2.10. The lowest BCUT2D eigenvalue weighted by atomic mass is 10.1. The number of nitrogens with zero attached hydrogens (tertiary/aromatic N) is 1. The number of thiazole rings is 1. The average Bonchev–Trinajstić information content (AvgIpc) is 3.25. The Hall–Kier alpha value is -2.92. The number of carbonyl (C=O) groups excluding carboxylic acids is 1. The Kier molecular flexibility index (Phi) is 3.86. The molecule has 0 aliphatic heterocycles. The normalized spacial score (nSPS) is 11.0. The van der Waals surface area contributed by atoms with Crippen molar-refractivity contribution in [2.75, 3.05) is 5.32 Å². The van der Waals surface area contributed by atoms with Crippen LogP contribution in [0.15, 0.2) is 54.0 Å². The van der Waals surface area contributed by atoms with E-state index in [0.29, 0.717) is 5.56 Å². The van der Waals surface area contributed by atoms with E-state index in [2.05, 4.69) is 22.2 Å². The number of aryl methyl sites for hydroxylation is 2. The van der Waals surface area contributed by atoms with Gasteiger partial charge >= 0.3 is 0 Å². The van der Waals surface area contributed by atoms with E-state index in [4.69, 9.17) is 0 Å². The molecular weight excluding hydrogens is 330 g/mol. The van der Waals surface area contributed by atoms with Gasteiger partial charge in [0.2, 0.25) is 0 Å². The molecule has 1 amide bonds. The van der Waals surface area contributed by atoms with Gasteiger partial charge in [0.05, 0.1) is 0 Å². The highest BCUT2D eigenvalue weighted by molar-refractivity contribution is 7.13. The standard InChI is InChI=1S/C20H17N3OS/c1-12-13(2)22-18-8-5-15(11-17(12)18)19(24)23-16-6-3-14(4-7-16)20-21-9-10-25-20/h3-11,22H,1-2H3,(H,23,24). The summed E-state index contributed by atoms with van der Waals surface area (Å²) in [5.74, 6) is -0.109. The van der Waals surface area contributed by atoms with E-state index in [1.165, 1.54) is 5.56 Å². The summed E-state index contributed by atoms with van der Waals surface area (Å²) >= 11 is 1.60. The molecular formula is C20H17N3OS. The molecule has 0 fully saturated rings. The fourth-order valence-electron chi connectivity index (χ4n) is 2.87. The summed E-state index contributed by atoms with van der Waals surface area (Å²) in [4.78, 5) is 20.2. The molecule has 0 spiro atoms. The largest absolute Gasteiger partial charge is 0.358 e. The van der Waals surface area contributed by atoms with Crippen LogP contribution in [0, 0.1) is 13.8 Å². The molecule has 0 atom stereocenters. The first-order chi connectivity index (χ1) is 12.1. The first-order valence-electron chi connectivity index (χ1n) is 8.02. The summed E-state index contributed by atoms with van der Waals surface area (Å²) in [7, 11) is 0. The number of aromatic nitrogens is 2. The molecule has 0 saturated heterocycles. The minimum atomic E-state index is -0.109. The minimum Gasteiger partial charge on any atom is -0.358 e. The molecule has 0 saturated carbocycles. The number of rotatable bonds is 3. The smallest absolute Gasteiger partial charge is 0.255 e. The molecule has 4 nitrogen and oxygen atoms in total. The number of aromatic amines is 1. The monoisotopic (exact) mass is 347 g/mol. The van der Waals surface area contributed by atoms with E-state index in [0.717, 1.165) is 32.9 Å². The second-order valence-electron chi connectivity index (χ2n) is 6.00. The van der Waals surface area contributed by atoms with Gasteiger partial charge in [0.25, 0.3) is 5.91 Å². The molecule has 2 N–H and O–H groups in total. The van der Waals surface area contributed by atoms with Crippen molar-refractivity contribution in [2.24, 2.45) is 0 Å². The number of amides is 1. The van der Waals surface area contributed by atoms with E-state index in [1.807, 2.05) is 54.8 Å². The number of nitrogens with one attached hydrogen (secondary N) is 2. The third-order valence-electron chi connectivity index (χ3n) is 4.39. The number of fused-ring (bicyclic) bond motifs is 1. The highest BCUT2D eigenvalue weighted by atomic mass is 32.1. The molecule has 25 heavy (non-hydrogen) atoms. The molecule has 4 rings (SSSR count). The maximum absolute atomic E-state index is 12.6. The average molecular weight is 347 g/mol. The number of anilines is 1. The molecule has 2 aromatic heterocycles. The lowest BCUT2D eigenvalue weighted by Gasteiger charge is -2.06. The van der Waals surface area contributed by atoms with Gasteiger partial charge in [0.15, 0.2) is 0 Å². The van der Waals surface area contributed by atoms with Crippen LogP contribution >= 0.6 is 11.3 Å². The zero-order valence-electron chi connectivity index (χ0n) is 14.0. The zero-order valence-corrected chi connectivity index (χ0v) is 14.8. The lowest BCUT2D eigenvalue weighted by molar-refractivity contribution is 0.102. The van der Waals surface area contributed by atoms with Gasteiger partial charge in [0.1, 0.15) is 5.01 Å². The maximum Gasteiger partial charge on any atom is 0.255 e. The van der Waals surface area contributed by atoms with Crippen molar-refractivity contribution < 1.29 is 4.79 Å².